The molecule has 0 bridgehead atoms. The largest absolute Gasteiger partial charge is 0.278 e. The summed E-state index contributed by atoms with van der Waals surface area (Å²) in [5, 5.41) is 4.77. The highest BCUT2D eigenvalue weighted by Gasteiger charge is 2.08. The molecule has 0 radical (unpaired) electrons. The molecule has 0 spiro atoms. The predicted molar refractivity (Wildman–Crippen MR) is 67.3 cm³/mol. The molecule has 1 N–H and O–H groups in total. The first-order chi connectivity index (χ1) is 8.70. The van der Waals surface area contributed by atoms with Crippen molar-refractivity contribution in [3.05, 3.63) is 52.8 Å². The zero-order valence-electron chi connectivity index (χ0n) is 9.76. The molecule has 0 atom stereocenters. The number of nitrogens with zero attached hydrogens (tertiary/aromatic N) is 2. The molecule has 6 heteroatoms. The zero-order chi connectivity index (χ0) is 13.0. The van der Waals surface area contributed by atoms with Gasteiger partial charge in [-0.1, -0.05) is 29.8 Å². The molecule has 1 heterocycles. The van der Waals surface area contributed by atoms with Crippen molar-refractivity contribution in [1.82, 2.24) is 15.3 Å². The van der Waals surface area contributed by atoms with Gasteiger partial charge < -0.3 is 0 Å². The van der Waals surface area contributed by atoms with Gasteiger partial charge in [0.2, 0.25) is 0 Å². The number of rotatable bonds is 4. The topological polar surface area (TPSA) is 56.1 Å². The van der Waals surface area contributed by atoms with Gasteiger partial charge in [-0.3, -0.25) is 14.3 Å². The second-order valence-electron chi connectivity index (χ2n) is 3.65. The molecule has 1 amide bonds. The smallest absolute Gasteiger partial charge is 0.277 e. The van der Waals surface area contributed by atoms with E-state index in [1.807, 2.05) is 24.3 Å². The van der Waals surface area contributed by atoms with E-state index >= 15 is 0 Å². The van der Waals surface area contributed by atoms with Gasteiger partial charge in [0.05, 0.1) is 25.4 Å². The van der Waals surface area contributed by atoms with Crippen molar-refractivity contribution in [2.45, 2.75) is 6.54 Å². The van der Waals surface area contributed by atoms with Crippen molar-refractivity contribution >= 4 is 17.5 Å². The van der Waals surface area contributed by atoms with Crippen LogP contribution in [0.25, 0.3) is 0 Å². The molecule has 0 aliphatic heterocycles. The molecule has 0 saturated carbocycles. The Morgan fingerprint density at radius 2 is 2.28 bits per heavy atom. The number of hydrogen-bond donors (Lipinski definition) is 1. The highest BCUT2D eigenvalue weighted by Crippen LogP contribution is 2.16. The molecule has 1 aromatic heterocycles. The van der Waals surface area contributed by atoms with E-state index in [1.165, 1.54) is 13.3 Å². The van der Waals surface area contributed by atoms with Crippen LogP contribution in [0, 0.1) is 0 Å². The minimum Gasteiger partial charge on any atom is -0.277 e. The van der Waals surface area contributed by atoms with Crippen molar-refractivity contribution in [2.75, 3.05) is 7.11 Å². The van der Waals surface area contributed by atoms with E-state index in [0.717, 1.165) is 5.56 Å². The van der Waals surface area contributed by atoms with Crippen LogP contribution in [0.1, 0.15) is 15.9 Å². The highest BCUT2D eigenvalue weighted by atomic mass is 35.5. The van der Waals surface area contributed by atoms with Gasteiger partial charge in [-0.2, -0.15) is 5.10 Å². The minimum absolute atomic E-state index is 0.331. The number of hydrogen-bond acceptors (Lipinski definition) is 3. The molecule has 2 aromatic rings. The SMILES string of the molecule is CONC(=O)c1cnn(Cc2ccccc2Cl)c1. The van der Waals surface area contributed by atoms with Crippen LogP contribution < -0.4 is 5.48 Å². The van der Waals surface area contributed by atoms with Crippen LogP contribution in [0.5, 0.6) is 0 Å². The van der Waals surface area contributed by atoms with Crippen LogP contribution in [0.15, 0.2) is 36.7 Å². The lowest BCUT2D eigenvalue weighted by molar-refractivity contribution is 0.0537. The molecule has 0 fully saturated rings. The minimum atomic E-state index is -0.331. The van der Waals surface area contributed by atoms with Crippen LogP contribution in [0.2, 0.25) is 5.02 Å². The number of aromatic nitrogens is 2. The number of carbonyl (C=O) groups excluding carboxylic acids is 1. The summed E-state index contributed by atoms with van der Waals surface area (Å²) in [4.78, 5) is 16.0. The van der Waals surface area contributed by atoms with Gasteiger partial charge in [-0.05, 0) is 11.6 Å². The monoisotopic (exact) mass is 265 g/mol. The van der Waals surface area contributed by atoms with Gasteiger partial charge in [0.25, 0.3) is 5.91 Å². The molecule has 18 heavy (non-hydrogen) atoms. The summed E-state index contributed by atoms with van der Waals surface area (Å²) in [5.41, 5.74) is 3.61. The third kappa shape index (κ3) is 2.88. The summed E-state index contributed by atoms with van der Waals surface area (Å²) in [7, 11) is 1.38. The van der Waals surface area contributed by atoms with Crippen LogP contribution in [-0.2, 0) is 11.4 Å². The van der Waals surface area contributed by atoms with Gasteiger partial charge in [-0.15, -0.1) is 0 Å². The summed E-state index contributed by atoms with van der Waals surface area (Å²) in [6, 6.07) is 7.51. The van der Waals surface area contributed by atoms with Crippen LogP contribution in [-0.4, -0.2) is 22.8 Å². The molecule has 0 aliphatic rings. The van der Waals surface area contributed by atoms with Gasteiger partial charge >= 0.3 is 0 Å². The second kappa shape index (κ2) is 5.66. The average Bonchev–Trinajstić information content (AvgIpc) is 2.81. The second-order valence-corrected chi connectivity index (χ2v) is 4.06. The van der Waals surface area contributed by atoms with E-state index < -0.39 is 0 Å². The van der Waals surface area contributed by atoms with Crippen LogP contribution >= 0.6 is 11.6 Å². The maximum absolute atomic E-state index is 11.5. The lowest BCUT2D eigenvalue weighted by atomic mass is 10.2. The Bertz CT molecular complexity index is 554. The molecule has 0 unspecified atom stereocenters. The maximum atomic E-state index is 11.5. The molecule has 2 rings (SSSR count). The Kier molecular flexibility index (Phi) is 3.96. The molecular weight excluding hydrogens is 254 g/mol. The van der Waals surface area contributed by atoms with E-state index in [2.05, 4.69) is 15.4 Å². The Hall–Kier alpha value is -1.85. The number of carbonyl (C=O) groups is 1. The zero-order valence-corrected chi connectivity index (χ0v) is 10.5. The van der Waals surface area contributed by atoms with E-state index in [4.69, 9.17) is 11.6 Å². The van der Waals surface area contributed by atoms with Gasteiger partial charge in [0.1, 0.15) is 0 Å². The normalized spacial score (nSPS) is 10.3. The summed E-state index contributed by atoms with van der Waals surface area (Å²) in [6.07, 6.45) is 3.11. The molecule has 94 valence electrons. The predicted octanol–water partition coefficient (Wildman–Crippen LogP) is 1.88. The van der Waals surface area contributed by atoms with Crippen LogP contribution in [0.3, 0.4) is 0 Å². The average molecular weight is 266 g/mol. The first-order valence-corrected chi connectivity index (χ1v) is 5.67. The van der Waals surface area contributed by atoms with Crippen LogP contribution in [0.4, 0.5) is 0 Å². The first-order valence-electron chi connectivity index (χ1n) is 5.30. The van der Waals surface area contributed by atoms with Gasteiger partial charge in [0.15, 0.2) is 0 Å². The molecule has 1 aromatic carbocycles. The van der Waals surface area contributed by atoms with Crippen molar-refractivity contribution in [1.29, 1.82) is 0 Å². The lowest BCUT2D eigenvalue weighted by Gasteiger charge is -2.03. The Balaban J connectivity index is 2.12. The summed E-state index contributed by atoms with van der Waals surface area (Å²) in [6.45, 7) is 0.514. The molecule has 5 nitrogen and oxygen atoms in total. The Morgan fingerprint density at radius 1 is 1.50 bits per heavy atom. The first kappa shape index (κ1) is 12.6. The van der Waals surface area contributed by atoms with Gasteiger partial charge in [-0.25, -0.2) is 5.48 Å². The molecule has 0 saturated heterocycles. The summed E-state index contributed by atoms with van der Waals surface area (Å²) in [5.74, 6) is -0.331. The standard InChI is InChI=1S/C12H12ClN3O2/c1-18-15-12(17)10-6-14-16(8-10)7-9-4-2-3-5-11(9)13/h2-6,8H,7H2,1H3,(H,15,17). The van der Waals surface area contributed by atoms with Crippen molar-refractivity contribution in [3.8, 4) is 0 Å². The quantitative estimate of drug-likeness (QED) is 0.859. The number of amides is 1. The fourth-order valence-electron chi connectivity index (χ4n) is 1.52. The summed E-state index contributed by atoms with van der Waals surface area (Å²) < 4.78 is 1.64. The number of nitrogens with one attached hydrogen (secondary N) is 1. The van der Waals surface area contributed by atoms with Gasteiger partial charge in [0, 0.05) is 11.2 Å². The van der Waals surface area contributed by atoms with E-state index in [0.29, 0.717) is 17.1 Å². The Morgan fingerprint density at radius 3 is 3.00 bits per heavy atom. The fourth-order valence-corrected chi connectivity index (χ4v) is 1.72. The summed E-state index contributed by atoms with van der Waals surface area (Å²) >= 11 is 6.05. The van der Waals surface area contributed by atoms with E-state index in [9.17, 15) is 4.79 Å². The molecular formula is C12H12ClN3O2. The third-order valence-corrected chi connectivity index (χ3v) is 2.75. The maximum Gasteiger partial charge on any atom is 0.278 e. The highest BCUT2D eigenvalue weighted by molar-refractivity contribution is 6.31. The third-order valence-electron chi connectivity index (χ3n) is 2.38. The Labute approximate surface area is 109 Å². The van der Waals surface area contributed by atoms with E-state index in [-0.39, 0.29) is 5.91 Å². The number of hydroxylamine groups is 1. The van der Waals surface area contributed by atoms with Crippen molar-refractivity contribution in [3.63, 3.8) is 0 Å². The lowest BCUT2D eigenvalue weighted by Crippen LogP contribution is -2.21. The van der Waals surface area contributed by atoms with E-state index in [1.54, 1.807) is 10.9 Å². The van der Waals surface area contributed by atoms with Crippen molar-refractivity contribution < 1.29 is 9.63 Å². The fraction of sp³-hybridized carbons (Fsp3) is 0.167. The van der Waals surface area contributed by atoms with Crippen molar-refractivity contribution in [2.24, 2.45) is 0 Å². The number of benzene rings is 1. The number of halogens is 1. The molecule has 0 aliphatic carbocycles.